The highest BCUT2D eigenvalue weighted by molar-refractivity contribution is 9.11. The highest BCUT2D eigenvalue weighted by Gasteiger charge is 2.08. The van der Waals surface area contributed by atoms with Gasteiger partial charge >= 0.3 is 0 Å². The van der Waals surface area contributed by atoms with Gasteiger partial charge in [0.2, 0.25) is 0 Å². The number of halogens is 1. The molecular weight excluding hydrogens is 294 g/mol. The second kappa shape index (κ2) is 6.72. The lowest BCUT2D eigenvalue weighted by Crippen LogP contribution is -2.19. The summed E-state index contributed by atoms with van der Waals surface area (Å²) in [5.74, 6) is 0. The van der Waals surface area contributed by atoms with E-state index in [4.69, 9.17) is 0 Å². The van der Waals surface area contributed by atoms with E-state index in [0.29, 0.717) is 6.04 Å². The summed E-state index contributed by atoms with van der Waals surface area (Å²) >= 11 is 5.33. The van der Waals surface area contributed by atoms with Gasteiger partial charge in [0.25, 0.3) is 0 Å². The second-order valence-corrected chi connectivity index (χ2v) is 7.17. The quantitative estimate of drug-likeness (QED) is 0.750. The van der Waals surface area contributed by atoms with Gasteiger partial charge in [0.1, 0.15) is 0 Å². The van der Waals surface area contributed by atoms with Gasteiger partial charge in [-0.2, -0.15) is 0 Å². The molecule has 17 heavy (non-hydrogen) atoms. The number of allylic oxidation sites excluding steroid dienone is 1. The van der Waals surface area contributed by atoms with Crippen LogP contribution in [0.1, 0.15) is 49.9 Å². The fraction of sp³-hybridized carbons (Fsp3) is 0.571. The van der Waals surface area contributed by atoms with Gasteiger partial charge in [0.15, 0.2) is 0 Å². The average molecular weight is 314 g/mol. The van der Waals surface area contributed by atoms with Crippen molar-refractivity contribution in [2.45, 2.75) is 45.1 Å². The summed E-state index contributed by atoms with van der Waals surface area (Å²) in [6.45, 7) is 3.34. The third-order valence-corrected chi connectivity index (χ3v) is 5.11. The molecule has 0 aromatic carbocycles. The predicted molar refractivity (Wildman–Crippen MR) is 79.6 cm³/mol. The summed E-state index contributed by atoms with van der Waals surface area (Å²) in [7, 11) is 0. The standard InChI is InChI=1S/C14H20BrNS/c1-11(13-7-8-14(15)17-13)16-10-9-12-5-3-2-4-6-12/h5,7-8,11,16H,2-4,6,9-10H2,1H3. The SMILES string of the molecule is CC(NCCC1=CCCCC1)c1ccc(Br)s1. The molecule has 3 heteroatoms. The normalized spacial score (nSPS) is 17.9. The summed E-state index contributed by atoms with van der Waals surface area (Å²) in [5, 5.41) is 3.61. The van der Waals surface area contributed by atoms with Crippen molar-refractivity contribution in [3.8, 4) is 0 Å². The lowest BCUT2D eigenvalue weighted by atomic mass is 9.97. The Kier molecular flexibility index (Phi) is 5.26. The van der Waals surface area contributed by atoms with Crippen LogP contribution in [0.2, 0.25) is 0 Å². The molecule has 1 nitrogen and oxygen atoms in total. The zero-order valence-corrected chi connectivity index (χ0v) is 12.7. The first kappa shape index (κ1) is 13.3. The fourth-order valence-corrected chi connectivity index (χ4v) is 3.69. The summed E-state index contributed by atoms with van der Waals surface area (Å²) in [5.41, 5.74) is 1.66. The van der Waals surface area contributed by atoms with Gasteiger partial charge in [-0.25, -0.2) is 0 Å². The first-order valence-electron chi connectivity index (χ1n) is 6.42. The summed E-state index contributed by atoms with van der Waals surface area (Å²) in [6.07, 6.45) is 9.05. The highest BCUT2D eigenvalue weighted by Crippen LogP contribution is 2.27. The van der Waals surface area contributed by atoms with E-state index in [0.717, 1.165) is 6.54 Å². The molecule has 0 saturated carbocycles. The van der Waals surface area contributed by atoms with Crippen LogP contribution in [-0.4, -0.2) is 6.54 Å². The Balaban J connectivity index is 1.73. The zero-order chi connectivity index (χ0) is 12.1. The van der Waals surface area contributed by atoms with E-state index in [1.165, 1.54) is 40.8 Å². The molecule has 0 saturated heterocycles. The third-order valence-electron chi connectivity index (χ3n) is 3.30. The van der Waals surface area contributed by atoms with Crippen LogP contribution in [0.25, 0.3) is 0 Å². The number of nitrogens with one attached hydrogen (secondary N) is 1. The molecule has 1 heterocycles. The minimum absolute atomic E-state index is 0.468. The Hall–Kier alpha value is -0.120. The maximum Gasteiger partial charge on any atom is 0.0701 e. The Morgan fingerprint density at radius 3 is 2.94 bits per heavy atom. The van der Waals surface area contributed by atoms with Crippen LogP contribution in [0.3, 0.4) is 0 Å². The van der Waals surface area contributed by atoms with Crippen LogP contribution in [0.5, 0.6) is 0 Å². The minimum Gasteiger partial charge on any atom is -0.309 e. The first-order chi connectivity index (χ1) is 8.25. The monoisotopic (exact) mass is 313 g/mol. The first-order valence-corrected chi connectivity index (χ1v) is 8.03. The lowest BCUT2D eigenvalue weighted by Gasteiger charge is -2.15. The maximum absolute atomic E-state index is 3.61. The molecule has 1 atom stereocenters. The molecule has 2 rings (SSSR count). The largest absolute Gasteiger partial charge is 0.309 e. The van der Waals surface area contributed by atoms with E-state index < -0.39 is 0 Å². The molecule has 0 amide bonds. The smallest absolute Gasteiger partial charge is 0.0701 e. The van der Waals surface area contributed by atoms with E-state index in [9.17, 15) is 0 Å². The van der Waals surface area contributed by atoms with Crippen molar-refractivity contribution in [2.75, 3.05) is 6.54 Å². The van der Waals surface area contributed by atoms with Crippen molar-refractivity contribution >= 4 is 27.3 Å². The van der Waals surface area contributed by atoms with Crippen LogP contribution in [0.15, 0.2) is 27.6 Å². The van der Waals surface area contributed by atoms with E-state index in [-0.39, 0.29) is 0 Å². The predicted octanol–water partition coefficient (Wildman–Crippen LogP) is 5.05. The Bertz CT molecular complexity index is 383. The Labute approximate surface area is 116 Å². The fourth-order valence-electron chi connectivity index (χ4n) is 2.24. The molecule has 0 bridgehead atoms. The van der Waals surface area contributed by atoms with Gasteiger partial charge in [0, 0.05) is 10.9 Å². The maximum atomic E-state index is 3.61. The van der Waals surface area contributed by atoms with E-state index >= 15 is 0 Å². The van der Waals surface area contributed by atoms with Gasteiger partial charge in [-0.15, -0.1) is 11.3 Å². The molecule has 0 radical (unpaired) electrons. The zero-order valence-electron chi connectivity index (χ0n) is 10.3. The van der Waals surface area contributed by atoms with Crippen molar-refractivity contribution in [3.05, 3.63) is 32.4 Å². The van der Waals surface area contributed by atoms with Crippen molar-refractivity contribution in [3.63, 3.8) is 0 Å². The molecule has 0 fully saturated rings. The molecule has 94 valence electrons. The van der Waals surface area contributed by atoms with Crippen LogP contribution in [0, 0.1) is 0 Å². The Morgan fingerprint density at radius 1 is 1.41 bits per heavy atom. The molecule has 1 N–H and O–H groups in total. The summed E-state index contributed by atoms with van der Waals surface area (Å²) in [4.78, 5) is 1.41. The van der Waals surface area contributed by atoms with Gasteiger partial charge in [0.05, 0.1) is 3.79 Å². The molecule has 0 aliphatic heterocycles. The molecule has 1 aliphatic rings. The minimum atomic E-state index is 0.468. The van der Waals surface area contributed by atoms with Gasteiger partial charge in [-0.05, 0) is 73.6 Å². The molecule has 1 aromatic rings. The van der Waals surface area contributed by atoms with Gasteiger partial charge in [-0.1, -0.05) is 11.6 Å². The van der Waals surface area contributed by atoms with Gasteiger partial charge in [-0.3, -0.25) is 0 Å². The molecule has 1 aromatic heterocycles. The molecule has 0 spiro atoms. The molecule has 1 aliphatic carbocycles. The van der Waals surface area contributed by atoms with Crippen molar-refractivity contribution < 1.29 is 0 Å². The number of hydrogen-bond acceptors (Lipinski definition) is 2. The number of thiophene rings is 1. The second-order valence-electron chi connectivity index (χ2n) is 4.68. The number of rotatable bonds is 5. The molecule has 1 unspecified atom stereocenters. The van der Waals surface area contributed by atoms with Crippen molar-refractivity contribution in [2.24, 2.45) is 0 Å². The van der Waals surface area contributed by atoms with Crippen LogP contribution in [-0.2, 0) is 0 Å². The summed E-state index contributed by atoms with van der Waals surface area (Å²) < 4.78 is 1.22. The van der Waals surface area contributed by atoms with Crippen LogP contribution in [0.4, 0.5) is 0 Å². The topological polar surface area (TPSA) is 12.0 Å². The number of hydrogen-bond donors (Lipinski definition) is 1. The van der Waals surface area contributed by atoms with Crippen LogP contribution < -0.4 is 5.32 Å². The molecular formula is C14H20BrNS. The van der Waals surface area contributed by atoms with Gasteiger partial charge < -0.3 is 5.32 Å². The van der Waals surface area contributed by atoms with Crippen molar-refractivity contribution in [1.82, 2.24) is 5.32 Å². The third kappa shape index (κ3) is 4.23. The Morgan fingerprint density at radius 2 is 2.29 bits per heavy atom. The summed E-state index contributed by atoms with van der Waals surface area (Å²) in [6, 6.07) is 4.80. The van der Waals surface area contributed by atoms with E-state index in [2.05, 4.69) is 46.4 Å². The van der Waals surface area contributed by atoms with E-state index in [1.807, 2.05) is 11.3 Å². The van der Waals surface area contributed by atoms with Crippen molar-refractivity contribution in [1.29, 1.82) is 0 Å². The van der Waals surface area contributed by atoms with Crippen LogP contribution >= 0.6 is 27.3 Å². The lowest BCUT2D eigenvalue weighted by molar-refractivity contribution is 0.569. The highest BCUT2D eigenvalue weighted by atomic mass is 79.9. The van der Waals surface area contributed by atoms with E-state index in [1.54, 1.807) is 5.57 Å². The average Bonchev–Trinajstić information content (AvgIpc) is 2.77.